The molecule has 8 nitrogen and oxygen atoms in total. The molecule has 0 aliphatic carbocycles. The number of hydrogen-bond donors (Lipinski definition) is 2. The first-order chi connectivity index (χ1) is 23.9. The first kappa shape index (κ1) is 47.3. The second-order valence-electron chi connectivity index (χ2n) is 14.3. The highest BCUT2D eigenvalue weighted by Gasteiger charge is 2.24. The van der Waals surface area contributed by atoms with Crippen LogP contribution in [0.25, 0.3) is 0 Å². The summed E-state index contributed by atoms with van der Waals surface area (Å²) in [5.74, 6) is -0.669. The highest BCUT2D eigenvalue weighted by Crippen LogP contribution is 2.22. The van der Waals surface area contributed by atoms with Crippen molar-refractivity contribution in [3.8, 4) is 0 Å². The number of ether oxygens (including phenoxy) is 2. The van der Waals surface area contributed by atoms with Crippen LogP contribution in [-0.4, -0.2) is 73.3 Å². The van der Waals surface area contributed by atoms with E-state index in [0.29, 0.717) is 6.54 Å². The third kappa shape index (κ3) is 26.8. The lowest BCUT2D eigenvalue weighted by atomic mass is 9.94. The van der Waals surface area contributed by atoms with E-state index in [2.05, 4.69) is 33.0 Å². The smallest absolute Gasteiger partial charge is 0.308 e. The van der Waals surface area contributed by atoms with Crippen molar-refractivity contribution in [2.45, 2.75) is 195 Å². The monoisotopic (exact) mass is 697 g/mol. The standard InChI is InChI=1S/C41H80N2O6/c1-6-10-14-18-20-24-28-37(26-22-16-12-8-3)40(46)48-34-31-43(39(45)36(5)42-30-33-44)32-35-49-41(47)38(27-23-17-13-9-4)29-25-21-19-15-11-7-2/h36-38,42,44H,6-35H2,1-5H3. The molecule has 0 aromatic heterocycles. The summed E-state index contributed by atoms with van der Waals surface area (Å²) >= 11 is 0. The number of amides is 1. The van der Waals surface area contributed by atoms with E-state index in [0.717, 1.165) is 89.9 Å². The highest BCUT2D eigenvalue weighted by atomic mass is 16.5. The molecular weight excluding hydrogens is 616 g/mol. The number of hydrogen-bond acceptors (Lipinski definition) is 7. The summed E-state index contributed by atoms with van der Waals surface area (Å²) in [5, 5.41) is 12.3. The summed E-state index contributed by atoms with van der Waals surface area (Å²) in [5.41, 5.74) is 0. The molecule has 0 rings (SSSR count). The van der Waals surface area contributed by atoms with Crippen molar-refractivity contribution < 1.29 is 29.0 Å². The van der Waals surface area contributed by atoms with E-state index in [1.807, 2.05) is 0 Å². The van der Waals surface area contributed by atoms with Gasteiger partial charge in [-0.2, -0.15) is 0 Å². The molecule has 49 heavy (non-hydrogen) atoms. The van der Waals surface area contributed by atoms with E-state index >= 15 is 0 Å². The van der Waals surface area contributed by atoms with Crippen molar-refractivity contribution in [2.24, 2.45) is 11.8 Å². The summed E-state index contributed by atoms with van der Waals surface area (Å²) in [6.45, 7) is 11.6. The molecule has 0 radical (unpaired) electrons. The topological polar surface area (TPSA) is 105 Å². The Hall–Kier alpha value is -1.67. The van der Waals surface area contributed by atoms with E-state index < -0.39 is 6.04 Å². The molecule has 0 aromatic carbocycles. The first-order valence-corrected chi connectivity index (χ1v) is 20.8. The molecule has 290 valence electrons. The molecule has 0 aromatic rings. The fourth-order valence-corrected chi connectivity index (χ4v) is 6.46. The van der Waals surface area contributed by atoms with Gasteiger partial charge in [-0.1, -0.05) is 156 Å². The highest BCUT2D eigenvalue weighted by molar-refractivity contribution is 5.81. The number of rotatable bonds is 36. The Morgan fingerprint density at radius 3 is 1.22 bits per heavy atom. The minimum Gasteiger partial charge on any atom is -0.464 e. The minimum atomic E-state index is -0.517. The van der Waals surface area contributed by atoms with Crippen LogP contribution in [0.2, 0.25) is 0 Å². The summed E-state index contributed by atoms with van der Waals surface area (Å²) in [4.78, 5) is 41.5. The van der Waals surface area contributed by atoms with Crippen LogP contribution in [0.1, 0.15) is 189 Å². The molecule has 1 amide bonds. The van der Waals surface area contributed by atoms with Gasteiger partial charge in [0.25, 0.3) is 0 Å². The lowest BCUT2D eigenvalue weighted by Crippen LogP contribution is -2.48. The maximum absolute atomic E-state index is 13.4. The largest absolute Gasteiger partial charge is 0.464 e. The van der Waals surface area contributed by atoms with Crippen molar-refractivity contribution in [2.75, 3.05) is 39.5 Å². The van der Waals surface area contributed by atoms with Gasteiger partial charge in [0.2, 0.25) is 5.91 Å². The van der Waals surface area contributed by atoms with E-state index in [1.54, 1.807) is 11.8 Å². The maximum Gasteiger partial charge on any atom is 0.308 e. The Morgan fingerprint density at radius 1 is 0.551 bits per heavy atom. The van der Waals surface area contributed by atoms with Gasteiger partial charge in [-0.25, -0.2) is 0 Å². The second kappa shape index (κ2) is 34.8. The van der Waals surface area contributed by atoms with Gasteiger partial charge >= 0.3 is 11.9 Å². The van der Waals surface area contributed by atoms with Crippen LogP contribution in [-0.2, 0) is 23.9 Å². The maximum atomic E-state index is 13.4. The quantitative estimate of drug-likeness (QED) is 0.0497. The number of unbranched alkanes of at least 4 members (excludes halogenated alkanes) is 16. The Kier molecular flexibility index (Phi) is 33.6. The van der Waals surface area contributed by atoms with Crippen molar-refractivity contribution in [3.05, 3.63) is 0 Å². The molecule has 0 aliphatic rings. The first-order valence-electron chi connectivity index (χ1n) is 20.8. The molecule has 0 heterocycles. The molecule has 0 saturated carbocycles. The molecule has 3 atom stereocenters. The van der Waals surface area contributed by atoms with Crippen LogP contribution in [0.5, 0.6) is 0 Å². The van der Waals surface area contributed by atoms with Gasteiger partial charge < -0.3 is 24.8 Å². The van der Waals surface area contributed by atoms with Crippen LogP contribution in [0.4, 0.5) is 0 Å². The number of aliphatic hydroxyl groups is 1. The van der Waals surface area contributed by atoms with Crippen LogP contribution < -0.4 is 5.32 Å². The Morgan fingerprint density at radius 2 is 0.878 bits per heavy atom. The Bertz CT molecular complexity index is 729. The molecular formula is C41H80N2O6. The minimum absolute atomic E-state index is 0.0661. The van der Waals surface area contributed by atoms with Gasteiger partial charge in [0.15, 0.2) is 0 Å². The molecule has 2 N–H and O–H groups in total. The fourth-order valence-electron chi connectivity index (χ4n) is 6.46. The van der Waals surface area contributed by atoms with Gasteiger partial charge in [0, 0.05) is 6.54 Å². The van der Waals surface area contributed by atoms with Gasteiger partial charge in [-0.05, 0) is 32.6 Å². The van der Waals surface area contributed by atoms with Crippen LogP contribution in [0, 0.1) is 11.8 Å². The van der Waals surface area contributed by atoms with Gasteiger partial charge in [-0.15, -0.1) is 0 Å². The van der Waals surface area contributed by atoms with Gasteiger partial charge in [0.1, 0.15) is 13.2 Å². The van der Waals surface area contributed by atoms with Crippen LogP contribution in [0.3, 0.4) is 0 Å². The third-order valence-electron chi connectivity index (χ3n) is 9.75. The number of carbonyl (C=O) groups is 3. The summed E-state index contributed by atoms with van der Waals surface area (Å²) in [7, 11) is 0. The number of carbonyl (C=O) groups excluding carboxylic acids is 3. The summed E-state index contributed by atoms with van der Waals surface area (Å²) in [6, 6.07) is -0.517. The van der Waals surface area contributed by atoms with Crippen molar-refractivity contribution in [1.82, 2.24) is 10.2 Å². The SMILES string of the molecule is CCCCCCCCC(CCCCCC)C(=O)OCCN(CCOC(=O)C(CCCCCC)CCCCCCCC)C(=O)C(C)NCCO. The molecule has 0 fully saturated rings. The summed E-state index contributed by atoms with van der Waals surface area (Å²) in [6.07, 6.45) is 26.8. The summed E-state index contributed by atoms with van der Waals surface area (Å²) < 4.78 is 11.6. The van der Waals surface area contributed by atoms with E-state index in [4.69, 9.17) is 9.47 Å². The lowest BCUT2D eigenvalue weighted by Gasteiger charge is -2.27. The van der Waals surface area contributed by atoms with Crippen LogP contribution in [0.15, 0.2) is 0 Å². The van der Waals surface area contributed by atoms with Crippen molar-refractivity contribution >= 4 is 17.8 Å². The van der Waals surface area contributed by atoms with Gasteiger partial charge in [-0.3, -0.25) is 14.4 Å². The molecule has 0 spiro atoms. The lowest BCUT2D eigenvalue weighted by molar-refractivity contribution is -0.152. The predicted octanol–water partition coefficient (Wildman–Crippen LogP) is 9.55. The van der Waals surface area contributed by atoms with E-state index in [-0.39, 0.29) is 62.6 Å². The third-order valence-corrected chi connectivity index (χ3v) is 9.75. The van der Waals surface area contributed by atoms with Gasteiger partial charge in [0.05, 0.1) is 37.6 Å². The van der Waals surface area contributed by atoms with Crippen molar-refractivity contribution in [1.29, 1.82) is 0 Å². The second-order valence-corrected chi connectivity index (χ2v) is 14.3. The number of esters is 2. The zero-order valence-corrected chi connectivity index (χ0v) is 32.9. The number of nitrogens with zero attached hydrogens (tertiary/aromatic N) is 1. The Labute approximate surface area is 302 Å². The van der Waals surface area contributed by atoms with Crippen LogP contribution >= 0.6 is 0 Å². The average molecular weight is 697 g/mol. The zero-order valence-electron chi connectivity index (χ0n) is 32.9. The van der Waals surface area contributed by atoms with Crippen molar-refractivity contribution in [3.63, 3.8) is 0 Å². The Balaban J connectivity index is 5.22. The normalized spacial score (nSPS) is 13.2. The van der Waals surface area contributed by atoms with E-state index in [1.165, 1.54) is 64.2 Å². The average Bonchev–Trinajstić information content (AvgIpc) is 3.10. The van der Waals surface area contributed by atoms with E-state index in [9.17, 15) is 19.5 Å². The number of nitrogens with one attached hydrogen (secondary N) is 1. The fraction of sp³-hybridized carbons (Fsp3) is 0.927. The predicted molar refractivity (Wildman–Crippen MR) is 204 cm³/mol. The molecule has 0 bridgehead atoms. The molecule has 0 aliphatic heterocycles. The zero-order chi connectivity index (χ0) is 36.4. The molecule has 0 saturated heterocycles. The molecule has 8 heteroatoms. The number of aliphatic hydroxyl groups excluding tert-OH is 1. The molecule has 3 unspecified atom stereocenters.